The summed E-state index contributed by atoms with van der Waals surface area (Å²) in [7, 11) is 1.65. The van der Waals surface area contributed by atoms with Crippen LogP contribution in [0.3, 0.4) is 0 Å². The van der Waals surface area contributed by atoms with Crippen LogP contribution in [-0.2, 0) is 14.2 Å². The van der Waals surface area contributed by atoms with Gasteiger partial charge in [-0.1, -0.05) is 37.1 Å². The quantitative estimate of drug-likeness (QED) is 0.794. The van der Waals surface area contributed by atoms with E-state index in [0.717, 1.165) is 37.9 Å². The molecule has 0 fully saturated rings. The van der Waals surface area contributed by atoms with Gasteiger partial charge < -0.3 is 19.5 Å². The number of ether oxygens (including phenoxy) is 3. The number of alkyl carbamates (subject to hydrolysis) is 1. The van der Waals surface area contributed by atoms with E-state index in [1.807, 2.05) is 26.8 Å². The molecule has 1 rings (SSSR count). The van der Waals surface area contributed by atoms with E-state index in [-0.39, 0.29) is 18.1 Å². The van der Waals surface area contributed by atoms with Crippen molar-refractivity contribution in [2.45, 2.75) is 58.7 Å². The minimum Gasteiger partial charge on any atom is -0.443 e. The molecular formula is C19H33NO4. The largest absolute Gasteiger partial charge is 0.443 e. The van der Waals surface area contributed by atoms with Crippen LogP contribution in [0.2, 0.25) is 0 Å². The van der Waals surface area contributed by atoms with E-state index in [2.05, 4.69) is 17.5 Å². The lowest BCUT2D eigenvalue weighted by molar-refractivity contribution is -0.0150. The van der Waals surface area contributed by atoms with Gasteiger partial charge in [-0.15, -0.1) is 0 Å². The summed E-state index contributed by atoms with van der Waals surface area (Å²) in [5, 5.41) is 2.69. The van der Waals surface area contributed by atoms with Crippen LogP contribution in [0.15, 0.2) is 23.8 Å². The normalized spacial score (nSPS) is 27.0. The molecule has 138 valence electrons. The molecule has 5 heteroatoms. The van der Waals surface area contributed by atoms with E-state index in [1.54, 1.807) is 7.11 Å². The number of methoxy groups -OCH3 is 1. The molecule has 1 heterocycles. The smallest absolute Gasteiger partial charge is 0.407 e. The van der Waals surface area contributed by atoms with Crippen LogP contribution < -0.4 is 5.32 Å². The highest BCUT2D eigenvalue weighted by atomic mass is 16.6. The van der Waals surface area contributed by atoms with Gasteiger partial charge in [0.2, 0.25) is 0 Å². The van der Waals surface area contributed by atoms with Crippen molar-refractivity contribution >= 4 is 6.09 Å². The van der Waals surface area contributed by atoms with E-state index in [0.29, 0.717) is 13.2 Å². The van der Waals surface area contributed by atoms with Crippen molar-refractivity contribution in [1.82, 2.24) is 5.32 Å². The third kappa shape index (κ3) is 7.97. The highest BCUT2D eigenvalue weighted by Gasteiger charge is 2.28. The predicted octanol–water partition coefficient (Wildman–Crippen LogP) is 3.85. The first kappa shape index (κ1) is 20.7. The highest BCUT2D eigenvalue weighted by molar-refractivity contribution is 5.67. The summed E-state index contributed by atoms with van der Waals surface area (Å²) in [5.41, 5.74) is 1.14. The lowest BCUT2D eigenvalue weighted by atomic mass is 9.96. The molecular weight excluding hydrogens is 306 g/mol. The van der Waals surface area contributed by atoms with Crippen LogP contribution in [-0.4, -0.2) is 45.2 Å². The van der Waals surface area contributed by atoms with E-state index < -0.39 is 6.09 Å². The summed E-state index contributed by atoms with van der Waals surface area (Å²) in [6.45, 7) is 7.90. The number of allylic oxidation sites excluding steroid dienone is 1. The summed E-state index contributed by atoms with van der Waals surface area (Å²) in [5.74, 6) is 0.0220. The topological polar surface area (TPSA) is 56.8 Å². The second-order valence-electron chi connectivity index (χ2n) is 6.30. The maximum Gasteiger partial charge on any atom is 0.407 e. The Balaban J connectivity index is 2.93. The number of hydrogen-bond donors (Lipinski definition) is 1. The van der Waals surface area contributed by atoms with Gasteiger partial charge in [-0.3, -0.25) is 0 Å². The average Bonchev–Trinajstić information content (AvgIpc) is 2.54. The molecule has 0 saturated carbocycles. The van der Waals surface area contributed by atoms with Gasteiger partial charge in [-0.2, -0.15) is 0 Å². The Morgan fingerprint density at radius 3 is 2.88 bits per heavy atom. The summed E-state index contributed by atoms with van der Waals surface area (Å²) in [4.78, 5) is 11.9. The van der Waals surface area contributed by atoms with Crippen LogP contribution in [0.5, 0.6) is 0 Å². The molecule has 0 spiro atoms. The van der Waals surface area contributed by atoms with Crippen LogP contribution in [0.1, 0.15) is 46.5 Å². The number of rotatable bonds is 3. The SMILES string of the molecule is CCNC(=O)O[C@H]1[C@H](C)C=C(C)COCCCCCC=C[C@@H]1OC. The van der Waals surface area contributed by atoms with Gasteiger partial charge in [-0.25, -0.2) is 4.79 Å². The molecule has 0 aromatic carbocycles. The zero-order valence-corrected chi connectivity index (χ0v) is 15.5. The van der Waals surface area contributed by atoms with E-state index in [4.69, 9.17) is 14.2 Å². The van der Waals surface area contributed by atoms with Crippen molar-refractivity contribution in [2.24, 2.45) is 5.92 Å². The van der Waals surface area contributed by atoms with Crippen molar-refractivity contribution in [1.29, 1.82) is 0 Å². The Morgan fingerprint density at radius 1 is 1.38 bits per heavy atom. The summed E-state index contributed by atoms with van der Waals surface area (Å²) < 4.78 is 16.9. The van der Waals surface area contributed by atoms with Gasteiger partial charge in [0.25, 0.3) is 0 Å². The van der Waals surface area contributed by atoms with Crippen molar-refractivity contribution in [3.8, 4) is 0 Å². The first-order valence-corrected chi connectivity index (χ1v) is 8.97. The number of carbonyl (C=O) groups is 1. The van der Waals surface area contributed by atoms with Crippen molar-refractivity contribution in [3.63, 3.8) is 0 Å². The molecule has 0 unspecified atom stereocenters. The van der Waals surface area contributed by atoms with Crippen LogP contribution >= 0.6 is 0 Å². The highest BCUT2D eigenvalue weighted by Crippen LogP contribution is 2.20. The number of nitrogens with one attached hydrogen (secondary N) is 1. The van der Waals surface area contributed by atoms with Gasteiger partial charge in [0, 0.05) is 26.2 Å². The molecule has 1 aliphatic rings. The molecule has 0 saturated heterocycles. The Morgan fingerprint density at radius 2 is 2.17 bits per heavy atom. The number of carbonyl (C=O) groups excluding carboxylic acids is 1. The fourth-order valence-electron chi connectivity index (χ4n) is 2.80. The fraction of sp³-hybridized carbons (Fsp3) is 0.737. The van der Waals surface area contributed by atoms with Gasteiger partial charge >= 0.3 is 6.09 Å². The Kier molecular flexibility index (Phi) is 10.4. The molecule has 1 N–H and O–H groups in total. The van der Waals surface area contributed by atoms with Gasteiger partial charge in [0.1, 0.15) is 12.2 Å². The van der Waals surface area contributed by atoms with Gasteiger partial charge in [0.15, 0.2) is 0 Å². The minimum absolute atomic E-state index is 0.0220. The third-order valence-electron chi connectivity index (χ3n) is 4.04. The predicted molar refractivity (Wildman–Crippen MR) is 96.1 cm³/mol. The zero-order chi connectivity index (χ0) is 17.8. The second kappa shape index (κ2) is 12.1. The molecule has 1 aliphatic heterocycles. The average molecular weight is 339 g/mol. The zero-order valence-electron chi connectivity index (χ0n) is 15.5. The monoisotopic (exact) mass is 339 g/mol. The fourth-order valence-corrected chi connectivity index (χ4v) is 2.80. The minimum atomic E-state index is -0.409. The maximum atomic E-state index is 11.9. The molecule has 1 amide bonds. The number of amides is 1. The molecule has 0 aromatic rings. The molecule has 0 aromatic heterocycles. The lowest BCUT2D eigenvalue weighted by Gasteiger charge is -2.28. The third-order valence-corrected chi connectivity index (χ3v) is 4.04. The van der Waals surface area contributed by atoms with Crippen molar-refractivity contribution in [3.05, 3.63) is 23.8 Å². The lowest BCUT2D eigenvalue weighted by Crippen LogP contribution is -2.39. The standard InChI is InChI=1S/C19H33NO4/c1-5-20-19(21)24-18-16(3)13-15(2)14-23-12-10-8-6-7-9-11-17(18)22-4/h9,11,13,16-18H,5-8,10,12,14H2,1-4H3,(H,20,21)/t16-,17+,18+/m1/s1. The van der Waals surface area contributed by atoms with Crippen molar-refractivity contribution < 1.29 is 19.0 Å². The molecule has 3 atom stereocenters. The summed E-state index contributed by atoms with van der Waals surface area (Å²) in [6, 6.07) is 0. The molecule has 0 bridgehead atoms. The molecule has 0 radical (unpaired) electrons. The second-order valence-corrected chi connectivity index (χ2v) is 6.30. The Hall–Kier alpha value is -1.33. The number of hydrogen-bond acceptors (Lipinski definition) is 4. The Bertz CT molecular complexity index is 420. The van der Waals surface area contributed by atoms with Gasteiger partial charge in [0.05, 0.1) is 6.61 Å². The molecule has 0 aliphatic carbocycles. The van der Waals surface area contributed by atoms with E-state index in [9.17, 15) is 4.79 Å². The summed E-state index contributed by atoms with van der Waals surface area (Å²) in [6.07, 6.45) is 9.56. The first-order chi connectivity index (χ1) is 11.6. The first-order valence-electron chi connectivity index (χ1n) is 8.97. The van der Waals surface area contributed by atoms with Crippen LogP contribution in [0, 0.1) is 5.92 Å². The molecule has 24 heavy (non-hydrogen) atoms. The molecule has 5 nitrogen and oxygen atoms in total. The maximum absolute atomic E-state index is 11.9. The summed E-state index contributed by atoms with van der Waals surface area (Å²) >= 11 is 0. The van der Waals surface area contributed by atoms with Crippen molar-refractivity contribution in [2.75, 3.05) is 26.9 Å². The Labute approximate surface area is 146 Å². The van der Waals surface area contributed by atoms with E-state index >= 15 is 0 Å². The van der Waals surface area contributed by atoms with E-state index in [1.165, 1.54) is 0 Å². The van der Waals surface area contributed by atoms with Crippen LogP contribution in [0.25, 0.3) is 0 Å². The van der Waals surface area contributed by atoms with Gasteiger partial charge in [-0.05, 0) is 33.1 Å². The van der Waals surface area contributed by atoms with Crippen LogP contribution in [0.4, 0.5) is 4.79 Å².